The van der Waals surface area contributed by atoms with Crippen LogP contribution >= 0.6 is 0 Å². The van der Waals surface area contributed by atoms with E-state index in [2.05, 4.69) is 27.6 Å². The predicted octanol–water partition coefficient (Wildman–Crippen LogP) is 3.73. The molecule has 0 aliphatic heterocycles. The zero-order valence-corrected chi connectivity index (χ0v) is 15.6. The smallest absolute Gasteiger partial charge is 0.289 e. The molecule has 0 unspecified atom stereocenters. The summed E-state index contributed by atoms with van der Waals surface area (Å²) in [4.78, 5) is 12.3. The second kappa shape index (κ2) is 9.36. The van der Waals surface area contributed by atoms with Gasteiger partial charge in [0.05, 0.1) is 18.5 Å². The Bertz CT molecular complexity index is 966. The summed E-state index contributed by atoms with van der Waals surface area (Å²) in [5, 5.41) is 20.5. The van der Waals surface area contributed by atoms with Crippen molar-refractivity contribution < 1.29 is 14.6 Å². The Morgan fingerprint density at radius 1 is 1.25 bits per heavy atom. The van der Waals surface area contributed by atoms with Crippen LogP contribution in [0.25, 0.3) is 11.3 Å². The Morgan fingerprint density at radius 2 is 2.04 bits per heavy atom. The van der Waals surface area contributed by atoms with Crippen molar-refractivity contribution in [1.29, 1.82) is 0 Å². The molecule has 0 atom stereocenters. The summed E-state index contributed by atoms with van der Waals surface area (Å²) < 4.78 is 5.83. The number of carbonyl (C=O) groups is 1. The molecule has 2 aromatic carbocycles. The number of aromatic amines is 1. The first-order chi connectivity index (χ1) is 13.7. The van der Waals surface area contributed by atoms with Gasteiger partial charge in [0.25, 0.3) is 5.91 Å². The van der Waals surface area contributed by atoms with Gasteiger partial charge in [0.15, 0.2) is 0 Å². The van der Waals surface area contributed by atoms with Crippen molar-refractivity contribution in [3.63, 3.8) is 0 Å². The number of aromatic nitrogens is 2. The summed E-state index contributed by atoms with van der Waals surface area (Å²) in [5.41, 5.74) is 4.61. The SMILES string of the molecule is CCCCOc1ccccc1-c1cc(C(=O)N/N=C\c2ccccc2O)[nH]n1. The Balaban J connectivity index is 1.68. The Hall–Kier alpha value is -3.61. The zero-order chi connectivity index (χ0) is 19.8. The van der Waals surface area contributed by atoms with Crippen LogP contribution in [0.1, 0.15) is 35.8 Å². The van der Waals surface area contributed by atoms with Gasteiger partial charge in [0.1, 0.15) is 17.2 Å². The maximum absolute atomic E-state index is 12.3. The molecule has 3 rings (SSSR count). The third kappa shape index (κ3) is 4.76. The van der Waals surface area contributed by atoms with E-state index >= 15 is 0 Å². The molecular formula is C21H22N4O3. The number of phenols is 1. The maximum Gasteiger partial charge on any atom is 0.289 e. The van der Waals surface area contributed by atoms with E-state index in [0.29, 0.717) is 17.9 Å². The maximum atomic E-state index is 12.3. The van der Waals surface area contributed by atoms with E-state index in [-0.39, 0.29) is 11.4 Å². The Morgan fingerprint density at radius 3 is 2.86 bits per heavy atom. The van der Waals surface area contributed by atoms with E-state index in [1.54, 1.807) is 30.3 Å². The molecule has 7 heteroatoms. The molecule has 3 aromatic rings. The number of nitrogens with zero attached hydrogens (tertiary/aromatic N) is 2. The lowest BCUT2D eigenvalue weighted by molar-refractivity contribution is 0.0950. The first kappa shape index (κ1) is 19.2. The van der Waals surface area contributed by atoms with Gasteiger partial charge in [-0.1, -0.05) is 37.6 Å². The molecule has 0 bridgehead atoms. The molecule has 28 heavy (non-hydrogen) atoms. The number of unbranched alkanes of at least 4 members (excludes halogenated alkanes) is 1. The van der Waals surface area contributed by atoms with E-state index in [4.69, 9.17) is 4.74 Å². The summed E-state index contributed by atoms with van der Waals surface area (Å²) in [6, 6.07) is 15.9. The van der Waals surface area contributed by atoms with E-state index in [0.717, 1.165) is 24.2 Å². The van der Waals surface area contributed by atoms with Crippen LogP contribution in [-0.2, 0) is 0 Å². The number of amides is 1. The van der Waals surface area contributed by atoms with Gasteiger partial charge in [-0.15, -0.1) is 0 Å². The quantitative estimate of drug-likeness (QED) is 0.316. The van der Waals surface area contributed by atoms with Gasteiger partial charge < -0.3 is 9.84 Å². The molecule has 1 amide bonds. The minimum absolute atomic E-state index is 0.0870. The molecule has 0 spiro atoms. The summed E-state index contributed by atoms with van der Waals surface area (Å²) in [7, 11) is 0. The fourth-order valence-electron chi connectivity index (χ4n) is 2.52. The van der Waals surface area contributed by atoms with Crippen LogP contribution in [0.3, 0.4) is 0 Å². The molecule has 0 aliphatic rings. The Kier molecular flexibility index (Phi) is 6.41. The van der Waals surface area contributed by atoms with Gasteiger partial charge in [0.2, 0.25) is 0 Å². The van der Waals surface area contributed by atoms with Gasteiger partial charge >= 0.3 is 0 Å². The number of carbonyl (C=O) groups excluding carboxylic acids is 1. The highest BCUT2D eigenvalue weighted by Crippen LogP contribution is 2.28. The number of aromatic hydroxyl groups is 1. The van der Waals surface area contributed by atoms with Crippen molar-refractivity contribution >= 4 is 12.1 Å². The summed E-state index contributed by atoms with van der Waals surface area (Å²) in [6.07, 6.45) is 3.40. The number of para-hydroxylation sites is 2. The summed E-state index contributed by atoms with van der Waals surface area (Å²) >= 11 is 0. The number of hydrazone groups is 1. The van der Waals surface area contributed by atoms with Crippen LogP contribution in [0.4, 0.5) is 0 Å². The first-order valence-corrected chi connectivity index (χ1v) is 9.08. The highest BCUT2D eigenvalue weighted by Gasteiger charge is 2.13. The molecule has 144 valence electrons. The molecule has 0 radical (unpaired) electrons. The largest absolute Gasteiger partial charge is 0.507 e. The van der Waals surface area contributed by atoms with E-state index in [9.17, 15) is 9.90 Å². The monoisotopic (exact) mass is 378 g/mol. The van der Waals surface area contributed by atoms with Crippen molar-refractivity contribution in [1.82, 2.24) is 15.6 Å². The van der Waals surface area contributed by atoms with Crippen LogP contribution < -0.4 is 10.2 Å². The van der Waals surface area contributed by atoms with Crippen molar-refractivity contribution in [3.05, 3.63) is 65.9 Å². The average molecular weight is 378 g/mol. The number of hydrogen-bond donors (Lipinski definition) is 3. The number of hydrogen-bond acceptors (Lipinski definition) is 5. The van der Waals surface area contributed by atoms with Crippen molar-refractivity contribution in [2.24, 2.45) is 5.10 Å². The van der Waals surface area contributed by atoms with E-state index < -0.39 is 5.91 Å². The molecule has 3 N–H and O–H groups in total. The molecular weight excluding hydrogens is 356 g/mol. The van der Waals surface area contributed by atoms with Gasteiger partial charge in [-0.2, -0.15) is 10.2 Å². The molecule has 0 saturated heterocycles. The number of rotatable bonds is 8. The number of nitrogens with one attached hydrogen (secondary N) is 2. The molecule has 1 aromatic heterocycles. The number of benzene rings is 2. The van der Waals surface area contributed by atoms with E-state index in [1.165, 1.54) is 6.21 Å². The molecule has 0 saturated carbocycles. The van der Waals surface area contributed by atoms with Crippen LogP contribution in [-0.4, -0.2) is 34.0 Å². The normalized spacial score (nSPS) is 10.9. The van der Waals surface area contributed by atoms with Crippen LogP contribution in [0.15, 0.2) is 59.7 Å². The average Bonchev–Trinajstić information content (AvgIpc) is 3.20. The van der Waals surface area contributed by atoms with Crippen LogP contribution in [0.2, 0.25) is 0 Å². The van der Waals surface area contributed by atoms with E-state index in [1.807, 2.05) is 24.3 Å². The number of ether oxygens (including phenoxy) is 1. The molecule has 0 fully saturated rings. The topological polar surface area (TPSA) is 99.6 Å². The molecule has 0 aliphatic carbocycles. The van der Waals surface area contributed by atoms with Crippen molar-refractivity contribution in [2.75, 3.05) is 6.61 Å². The third-order valence-electron chi connectivity index (χ3n) is 4.05. The second-order valence-electron chi connectivity index (χ2n) is 6.12. The minimum atomic E-state index is -0.435. The highest BCUT2D eigenvalue weighted by atomic mass is 16.5. The number of H-pyrrole nitrogens is 1. The fraction of sp³-hybridized carbons (Fsp3) is 0.190. The summed E-state index contributed by atoms with van der Waals surface area (Å²) in [5.74, 6) is 0.380. The third-order valence-corrected chi connectivity index (χ3v) is 4.05. The highest BCUT2D eigenvalue weighted by molar-refractivity contribution is 5.94. The van der Waals surface area contributed by atoms with Gasteiger partial charge in [-0.05, 0) is 36.8 Å². The van der Waals surface area contributed by atoms with Gasteiger partial charge in [0, 0.05) is 11.1 Å². The fourth-order valence-corrected chi connectivity index (χ4v) is 2.52. The summed E-state index contributed by atoms with van der Waals surface area (Å²) in [6.45, 7) is 2.74. The zero-order valence-electron chi connectivity index (χ0n) is 15.6. The first-order valence-electron chi connectivity index (χ1n) is 9.08. The van der Waals surface area contributed by atoms with Crippen molar-refractivity contribution in [2.45, 2.75) is 19.8 Å². The number of phenolic OH excluding ortho intramolecular Hbond substituents is 1. The van der Waals surface area contributed by atoms with Crippen LogP contribution in [0.5, 0.6) is 11.5 Å². The van der Waals surface area contributed by atoms with Gasteiger partial charge in [-0.25, -0.2) is 5.43 Å². The van der Waals surface area contributed by atoms with Crippen LogP contribution in [0, 0.1) is 0 Å². The Labute approximate surface area is 163 Å². The molecule has 7 nitrogen and oxygen atoms in total. The lowest BCUT2D eigenvalue weighted by Crippen LogP contribution is -2.18. The van der Waals surface area contributed by atoms with Gasteiger partial charge in [-0.3, -0.25) is 9.89 Å². The second-order valence-corrected chi connectivity index (χ2v) is 6.12. The lowest BCUT2D eigenvalue weighted by atomic mass is 10.1. The minimum Gasteiger partial charge on any atom is -0.507 e. The lowest BCUT2D eigenvalue weighted by Gasteiger charge is -2.09. The van der Waals surface area contributed by atoms with Crippen molar-refractivity contribution in [3.8, 4) is 22.8 Å². The molecule has 1 heterocycles. The standard InChI is InChI=1S/C21H22N4O3/c1-2-3-12-28-20-11-7-5-9-16(20)17-13-18(24-23-17)21(27)25-22-14-15-8-4-6-10-19(15)26/h4-11,13-14,26H,2-3,12H2,1H3,(H,23,24)(H,25,27)/b22-14-. The predicted molar refractivity (Wildman–Crippen MR) is 108 cm³/mol.